The second-order valence-corrected chi connectivity index (χ2v) is 4.86. The summed E-state index contributed by atoms with van der Waals surface area (Å²) in [6.07, 6.45) is 1.01. The van der Waals surface area contributed by atoms with Gasteiger partial charge < -0.3 is 10.6 Å². The summed E-state index contributed by atoms with van der Waals surface area (Å²) < 4.78 is 0. The van der Waals surface area contributed by atoms with Gasteiger partial charge in [-0.05, 0) is 24.9 Å². The van der Waals surface area contributed by atoms with Crippen LogP contribution < -0.4 is 10.6 Å². The van der Waals surface area contributed by atoms with E-state index in [1.54, 1.807) is 6.07 Å². The second-order valence-electron chi connectivity index (χ2n) is 4.86. The highest BCUT2D eigenvalue weighted by molar-refractivity contribution is 5.95. The molecule has 1 aromatic carbocycles. The minimum atomic E-state index is -0.498. The van der Waals surface area contributed by atoms with E-state index in [-0.39, 0.29) is 30.0 Å². The van der Waals surface area contributed by atoms with Gasteiger partial charge in [0.2, 0.25) is 0 Å². The summed E-state index contributed by atoms with van der Waals surface area (Å²) in [7, 11) is 0. The number of non-ortho nitro benzene ring substituents is 1. The Balaban J connectivity index is 0.00000200. The fraction of sp³-hybridized carbons (Fsp3) is 0.462. The lowest BCUT2D eigenvalue weighted by Crippen LogP contribution is -2.50. The van der Waals surface area contributed by atoms with Crippen LogP contribution in [0.25, 0.3) is 0 Å². The van der Waals surface area contributed by atoms with E-state index in [1.807, 2.05) is 0 Å². The highest BCUT2D eigenvalue weighted by Gasteiger charge is 2.23. The van der Waals surface area contributed by atoms with E-state index >= 15 is 0 Å². The standard InChI is InChI=1S/C13H17N3O3.ClH/c1-9-5-6-14-8-12(9)15-13(17)10-3-2-4-11(7-10)16(18)19;/h2-4,7,9,12,14H,5-6,8H2,1H3,(H,15,17);1H. The molecule has 2 unspecified atom stereocenters. The number of benzene rings is 1. The van der Waals surface area contributed by atoms with E-state index in [0.29, 0.717) is 11.5 Å². The van der Waals surface area contributed by atoms with Gasteiger partial charge in [-0.1, -0.05) is 13.0 Å². The van der Waals surface area contributed by atoms with Crippen LogP contribution in [0.15, 0.2) is 24.3 Å². The van der Waals surface area contributed by atoms with E-state index in [9.17, 15) is 14.9 Å². The first kappa shape index (κ1) is 16.4. The zero-order valence-electron chi connectivity index (χ0n) is 11.2. The molecule has 7 heteroatoms. The first-order valence-electron chi connectivity index (χ1n) is 6.34. The Bertz CT molecular complexity index is 496. The fourth-order valence-electron chi connectivity index (χ4n) is 2.20. The third-order valence-electron chi connectivity index (χ3n) is 3.46. The molecule has 0 spiro atoms. The van der Waals surface area contributed by atoms with Crippen molar-refractivity contribution in [3.05, 3.63) is 39.9 Å². The third-order valence-corrected chi connectivity index (χ3v) is 3.46. The van der Waals surface area contributed by atoms with Crippen molar-refractivity contribution in [2.45, 2.75) is 19.4 Å². The molecule has 1 amide bonds. The van der Waals surface area contributed by atoms with E-state index in [2.05, 4.69) is 17.6 Å². The number of nitrogens with one attached hydrogen (secondary N) is 2. The number of hydrogen-bond acceptors (Lipinski definition) is 4. The van der Waals surface area contributed by atoms with Crippen LogP contribution in [0.2, 0.25) is 0 Å². The van der Waals surface area contributed by atoms with E-state index in [4.69, 9.17) is 0 Å². The molecule has 1 fully saturated rings. The molecule has 1 aliphatic rings. The number of amides is 1. The molecule has 0 aliphatic carbocycles. The molecular formula is C13H18ClN3O3. The minimum Gasteiger partial charge on any atom is -0.348 e. The Kier molecular flexibility index (Phi) is 5.91. The normalized spacial score (nSPS) is 21.6. The lowest BCUT2D eigenvalue weighted by molar-refractivity contribution is -0.384. The number of carbonyl (C=O) groups excluding carboxylic acids is 1. The molecule has 2 atom stereocenters. The number of nitrogens with zero attached hydrogens (tertiary/aromatic N) is 1. The molecule has 0 bridgehead atoms. The van der Waals surface area contributed by atoms with Crippen molar-refractivity contribution in [2.24, 2.45) is 5.92 Å². The molecular weight excluding hydrogens is 282 g/mol. The molecule has 20 heavy (non-hydrogen) atoms. The first-order valence-corrected chi connectivity index (χ1v) is 6.34. The Morgan fingerprint density at radius 3 is 2.90 bits per heavy atom. The van der Waals surface area contributed by atoms with Gasteiger partial charge in [0.15, 0.2) is 0 Å². The lowest BCUT2D eigenvalue weighted by atomic mass is 9.94. The Morgan fingerprint density at radius 2 is 2.25 bits per heavy atom. The largest absolute Gasteiger partial charge is 0.348 e. The lowest BCUT2D eigenvalue weighted by Gasteiger charge is -2.30. The maximum Gasteiger partial charge on any atom is 0.270 e. The number of halogens is 1. The summed E-state index contributed by atoms with van der Waals surface area (Å²) in [5.74, 6) is 0.146. The third kappa shape index (κ3) is 3.91. The molecule has 0 radical (unpaired) electrons. The minimum absolute atomic E-state index is 0. The number of piperidine rings is 1. The second kappa shape index (κ2) is 7.21. The number of rotatable bonds is 3. The van der Waals surface area contributed by atoms with Crippen LogP contribution >= 0.6 is 12.4 Å². The molecule has 1 heterocycles. The van der Waals surface area contributed by atoms with Gasteiger partial charge in [0.25, 0.3) is 11.6 Å². The Hall–Kier alpha value is -1.66. The number of nitro groups is 1. The molecule has 6 nitrogen and oxygen atoms in total. The molecule has 0 aromatic heterocycles. The maximum absolute atomic E-state index is 12.1. The van der Waals surface area contributed by atoms with Gasteiger partial charge in [-0.2, -0.15) is 0 Å². The van der Waals surface area contributed by atoms with Crippen LogP contribution in [0.3, 0.4) is 0 Å². The zero-order chi connectivity index (χ0) is 13.8. The van der Waals surface area contributed by atoms with Crippen LogP contribution in [0, 0.1) is 16.0 Å². The first-order chi connectivity index (χ1) is 9.08. The van der Waals surface area contributed by atoms with Gasteiger partial charge in [-0.3, -0.25) is 14.9 Å². The van der Waals surface area contributed by atoms with Gasteiger partial charge in [0, 0.05) is 30.3 Å². The van der Waals surface area contributed by atoms with Gasteiger partial charge in [0.05, 0.1) is 4.92 Å². The van der Waals surface area contributed by atoms with Crippen LogP contribution in [-0.4, -0.2) is 30.0 Å². The summed E-state index contributed by atoms with van der Waals surface area (Å²) in [5.41, 5.74) is 0.259. The molecule has 1 aromatic rings. The fourth-order valence-corrected chi connectivity index (χ4v) is 2.20. The summed E-state index contributed by atoms with van der Waals surface area (Å²) in [6, 6.07) is 5.86. The van der Waals surface area contributed by atoms with Gasteiger partial charge >= 0.3 is 0 Å². The average molecular weight is 300 g/mol. The van der Waals surface area contributed by atoms with Crippen molar-refractivity contribution in [3.8, 4) is 0 Å². The SMILES string of the molecule is CC1CCNCC1NC(=O)c1cccc([N+](=O)[O-])c1.Cl. The van der Waals surface area contributed by atoms with E-state index in [0.717, 1.165) is 19.5 Å². The van der Waals surface area contributed by atoms with Crippen LogP contribution in [0.1, 0.15) is 23.7 Å². The van der Waals surface area contributed by atoms with Crippen molar-refractivity contribution >= 4 is 24.0 Å². The molecule has 2 rings (SSSR count). The maximum atomic E-state index is 12.1. The smallest absolute Gasteiger partial charge is 0.270 e. The summed E-state index contributed by atoms with van der Waals surface area (Å²) >= 11 is 0. The van der Waals surface area contributed by atoms with Crippen LogP contribution in [-0.2, 0) is 0 Å². The van der Waals surface area contributed by atoms with Crippen molar-refractivity contribution in [2.75, 3.05) is 13.1 Å². The quantitative estimate of drug-likeness (QED) is 0.658. The molecule has 1 aliphatic heterocycles. The summed E-state index contributed by atoms with van der Waals surface area (Å²) in [5, 5.41) is 16.8. The Labute approximate surface area is 123 Å². The predicted molar refractivity (Wildman–Crippen MR) is 78.2 cm³/mol. The topological polar surface area (TPSA) is 84.3 Å². The Morgan fingerprint density at radius 1 is 1.50 bits per heavy atom. The summed E-state index contributed by atoms with van der Waals surface area (Å²) in [6.45, 7) is 3.80. The zero-order valence-corrected chi connectivity index (χ0v) is 12.0. The number of nitro benzene ring substituents is 1. The van der Waals surface area contributed by atoms with Crippen LogP contribution in [0.4, 0.5) is 5.69 Å². The molecule has 0 saturated carbocycles. The van der Waals surface area contributed by atoms with E-state index < -0.39 is 4.92 Å². The monoisotopic (exact) mass is 299 g/mol. The van der Waals surface area contributed by atoms with Crippen LogP contribution in [0.5, 0.6) is 0 Å². The van der Waals surface area contributed by atoms with Gasteiger partial charge in [0.1, 0.15) is 0 Å². The van der Waals surface area contributed by atoms with Crippen molar-refractivity contribution < 1.29 is 9.72 Å². The number of carbonyl (C=O) groups is 1. The van der Waals surface area contributed by atoms with Crippen molar-refractivity contribution in [1.82, 2.24) is 10.6 Å². The molecule has 2 N–H and O–H groups in total. The van der Waals surface area contributed by atoms with E-state index in [1.165, 1.54) is 18.2 Å². The average Bonchev–Trinajstić information content (AvgIpc) is 2.41. The number of hydrogen-bond donors (Lipinski definition) is 2. The highest BCUT2D eigenvalue weighted by Crippen LogP contribution is 2.15. The van der Waals surface area contributed by atoms with Crippen molar-refractivity contribution in [1.29, 1.82) is 0 Å². The predicted octanol–water partition coefficient (Wildman–Crippen LogP) is 1.74. The molecule has 1 saturated heterocycles. The highest BCUT2D eigenvalue weighted by atomic mass is 35.5. The van der Waals surface area contributed by atoms with Gasteiger partial charge in [-0.15, -0.1) is 12.4 Å². The molecule has 110 valence electrons. The summed E-state index contributed by atoms with van der Waals surface area (Å²) in [4.78, 5) is 22.3. The van der Waals surface area contributed by atoms with Gasteiger partial charge in [-0.25, -0.2) is 0 Å². The van der Waals surface area contributed by atoms with Crippen molar-refractivity contribution in [3.63, 3.8) is 0 Å².